The van der Waals surface area contributed by atoms with Crippen LogP contribution >= 0.6 is 0 Å². The monoisotopic (exact) mass is 365 g/mol. The molecule has 1 atom stereocenters. The van der Waals surface area contributed by atoms with Crippen LogP contribution in [0, 0.1) is 5.41 Å². The average molecular weight is 365 g/mol. The van der Waals surface area contributed by atoms with Crippen LogP contribution < -0.4 is 5.32 Å². The minimum absolute atomic E-state index is 0.0364. The number of carboxylic acid groups (broad SMARTS) is 1. The molecule has 140 valence electrons. The van der Waals surface area contributed by atoms with Crippen molar-refractivity contribution in [1.82, 2.24) is 5.32 Å². The van der Waals surface area contributed by atoms with Crippen molar-refractivity contribution in [1.29, 1.82) is 0 Å². The van der Waals surface area contributed by atoms with Crippen LogP contribution in [-0.4, -0.2) is 29.8 Å². The molecule has 1 fully saturated rings. The number of carbonyl (C=O) groups excluding carboxylic acids is 1. The van der Waals surface area contributed by atoms with Gasteiger partial charge in [0, 0.05) is 5.92 Å². The van der Waals surface area contributed by atoms with Gasteiger partial charge in [0.25, 0.3) is 0 Å². The summed E-state index contributed by atoms with van der Waals surface area (Å²) in [5.74, 6) is -1.04. The lowest BCUT2D eigenvalue weighted by molar-refractivity contribution is -0.144. The largest absolute Gasteiger partial charge is 0.480 e. The van der Waals surface area contributed by atoms with Crippen molar-refractivity contribution in [2.45, 2.75) is 38.1 Å². The highest BCUT2D eigenvalue weighted by atomic mass is 16.5. The first-order chi connectivity index (χ1) is 13.0. The first-order valence-electron chi connectivity index (χ1n) is 9.34. The lowest BCUT2D eigenvalue weighted by Gasteiger charge is -2.42. The fraction of sp³-hybridized carbons (Fsp3) is 0.364. The zero-order valence-electron chi connectivity index (χ0n) is 15.3. The second-order valence-electron chi connectivity index (χ2n) is 7.75. The van der Waals surface area contributed by atoms with E-state index in [9.17, 15) is 14.7 Å². The van der Waals surface area contributed by atoms with Crippen LogP contribution in [-0.2, 0) is 9.53 Å². The van der Waals surface area contributed by atoms with Crippen molar-refractivity contribution in [3.05, 3.63) is 59.7 Å². The number of ether oxygens (including phenoxy) is 1. The Kier molecular flexibility index (Phi) is 4.38. The number of carbonyl (C=O) groups is 2. The van der Waals surface area contributed by atoms with E-state index in [4.69, 9.17) is 4.74 Å². The fourth-order valence-electron chi connectivity index (χ4n) is 4.32. The van der Waals surface area contributed by atoms with Gasteiger partial charge in [0.2, 0.25) is 0 Å². The van der Waals surface area contributed by atoms with Crippen molar-refractivity contribution in [2.24, 2.45) is 5.41 Å². The molecule has 27 heavy (non-hydrogen) atoms. The predicted molar refractivity (Wildman–Crippen MR) is 102 cm³/mol. The number of amides is 1. The third kappa shape index (κ3) is 3.07. The van der Waals surface area contributed by atoms with Gasteiger partial charge in [-0.3, -0.25) is 0 Å². The number of nitrogens with one attached hydrogen (secondary N) is 1. The summed E-state index contributed by atoms with van der Waals surface area (Å²) in [6.07, 6.45) is 1.92. The van der Waals surface area contributed by atoms with Gasteiger partial charge in [0.15, 0.2) is 0 Å². The molecule has 0 spiro atoms. The van der Waals surface area contributed by atoms with Crippen molar-refractivity contribution >= 4 is 12.1 Å². The molecule has 0 unspecified atom stereocenters. The van der Waals surface area contributed by atoms with Crippen LogP contribution in [0.1, 0.15) is 43.2 Å². The van der Waals surface area contributed by atoms with Crippen molar-refractivity contribution in [3.63, 3.8) is 0 Å². The zero-order valence-corrected chi connectivity index (χ0v) is 15.3. The lowest BCUT2D eigenvalue weighted by Crippen LogP contribution is -2.54. The highest BCUT2D eigenvalue weighted by molar-refractivity contribution is 5.81. The van der Waals surface area contributed by atoms with E-state index in [-0.39, 0.29) is 12.5 Å². The molecule has 5 nitrogen and oxygen atoms in total. The van der Waals surface area contributed by atoms with Crippen molar-refractivity contribution < 1.29 is 19.4 Å². The van der Waals surface area contributed by atoms with E-state index >= 15 is 0 Å². The van der Waals surface area contributed by atoms with Gasteiger partial charge in [0.1, 0.15) is 12.6 Å². The van der Waals surface area contributed by atoms with Crippen LogP contribution in [0.4, 0.5) is 4.79 Å². The minimum Gasteiger partial charge on any atom is -0.480 e. The molecule has 2 aliphatic carbocycles. The van der Waals surface area contributed by atoms with E-state index < -0.39 is 23.5 Å². The third-order valence-corrected chi connectivity index (χ3v) is 6.05. The second kappa shape index (κ2) is 6.72. The minimum atomic E-state index is -1.01. The van der Waals surface area contributed by atoms with Crippen LogP contribution in [0.2, 0.25) is 0 Å². The Morgan fingerprint density at radius 3 is 2.15 bits per heavy atom. The first-order valence-corrected chi connectivity index (χ1v) is 9.34. The number of alkyl carbamates (subject to hydrolysis) is 1. The summed E-state index contributed by atoms with van der Waals surface area (Å²) in [5, 5.41) is 12.1. The van der Waals surface area contributed by atoms with E-state index in [0.717, 1.165) is 41.5 Å². The molecule has 0 bridgehead atoms. The molecule has 2 aromatic carbocycles. The van der Waals surface area contributed by atoms with Crippen LogP contribution in [0.5, 0.6) is 0 Å². The molecule has 1 amide bonds. The molecule has 2 aliphatic rings. The Balaban J connectivity index is 1.47. The molecule has 0 radical (unpaired) electrons. The predicted octanol–water partition coefficient (Wildman–Crippen LogP) is 4.17. The first kappa shape index (κ1) is 17.6. The molecule has 4 rings (SSSR count). The summed E-state index contributed by atoms with van der Waals surface area (Å²) in [6.45, 7) is 2.09. The molecule has 2 aromatic rings. The fourth-order valence-corrected chi connectivity index (χ4v) is 4.32. The van der Waals surface area contributed by atoms with Gasteiger partial charge in [-0.25, -0.2) is 9.59 Å². The quantitative estimate of drug-likeness (QED) is 0.834. The van der Waals surface area contributed by atoms with Crippen LogP contribution in [0.15, 0.2) is 48.5 Å². The molecule has 0 aromatic heterocycles. The lowest BCUT2D eigenvalue weighted by atomic mass is 9.65. The number of benzene rings is 2. The zero-order chi connectivity index (χ0) is 19.0. The Morgan fingerprint density at radius 1 is 1.11 bits per heavy atom. The Hall–Kier alpha value is -2.82. The normalized spacial score (nSPS) is 18.0. The van der Waals surface area contributed by atoms with Crippen molar-refractivity contribution in [3.8, 4) is 11.1 Å². The summed E-state index contributed by atoms with van der Waals surface area (Å²) >= 11 is 0. The molecule has 2 N–H and O–H groups in total. The molecule has 0 aliphatic heterocycles. The SMILES string of the molecule is CC1([C@@H](NC(=O)OCC2c3ccccc3-c3ccccc32)C(=O)O)CCC1. The number of rotatable bonds is 5. The van der Waals surface area contributed by atoms with E-state index in [0.29, 0.717) is 0 Å². The standard InChI is InChI=1S/C22H23NO4/c1-22(11-6-12-22)19(20(24)25)23-21(26)27-13-18-16-9-4-2-7-14(16)15-8-3-5-10-17(15)18/h2-5,7-10,18-19H,6,11-13H2,1H3,(H,23,26)(H,24,25)/t19-/m0/s1. The Bertz CT molecular complexity index is 842. The van der Waals surface area contributed by atoms with Gasteiger partial charge in [-0.15, -0.1) is 0 Å². The number of hydrogen-bond acceptors (Lipinski definition) is 3. The number of carboxylic acids is 1. The maximum Gasteiger partial charge on any atom is 0.407 e. The topological polar surface area (TPSA) is 75.6 Å². The van der Waals surface area contributed by atoms with E-state index in [2.05, 4.69) is 29.6 Å². The molecular weight excluding hydrogens is 342 g/mol. The van der Waals surface area contributed by atoms with Gasteiger partial charge in [0.05, 0.1) is 0 Å². The van der Waals surface area contributed by atoms with Crippen molar-refractivity contribution in [2.75, 3.05) is 6.61 Å². The maximum atomic E-state index is 12.3. The summed E-state index contributed by atoms with van der Waals surface area (Å²) in [6, 6.07) is 15.3. The number of fused-ring (bicyclic) bond motifs is 3. The summed E-state index contributed by atoms with van der Waals surface area (Å²) in [5.41, 5.74) is 4.19. The molecule has 0 saturated heterocycles. The summed E-state index contributed by atoms with van der Waals surface area (Å²) < 4.78 is 5.47. The van der Waals surface area contributed by atoms with E-state index in [1.165, 1.54) is 0 Å². The third-order valence-electron chi connectivity index (χ3n) is 6.05. The van der Waals surface area contributed by atoms with Gasteiger partial charge < -0.3 is 15.2 Å². The Morgan fingerprint density at radius 2 is 1.67 bits per heavy atom. The number of hydrogen-bond donors (Lipinski definition) is 2. The second-order valence-corrected chi connectivity index (χ2v) is 7.75. The summed E-state index contributed by atoms with van der Waals surface area (Å²) in [4.78, 5) is 23.9. The van der Waals surface area contributed by atoms with Gasteiger partial charge in [-0.2, -0.15) is 0 Å². The van der Waals surface area contributed by atoms with Crippen LogP contribution in [0.25, 0.3) is 11.1 Å². The molecule has 1 saturated carbocycles. The summed E-state index contributed by atoms with van der Waals surface area (Å²) in [7, 11) is 0. The maximum absolute atomic E-state index is 12.3. The van der Waals surface area contributed by atoms with E-state index in [1.807, 2.05) is 31.2 Å². The Labute approximate surface area is 158 Å². The highest BCUT2D eigenvalue weighted by Crippen LogP contribution is 2.45. The highest BCUT2D eigenvalue weighted by Gasteiger charge is 2.45. The number of aliphatic carboxylic acids is 1. The van der Waals surface area contributed by atoms with Gasteiger partial charge >= 0.3 is 12.1 Å². The van der Waals surface area contributed by atoms with Gasteiger partial charge in [-0.1, -0.05) is 61.9 Å². The van der Waals surface area contributed by atoms with Gasteiger partial charge in [-0.05, 0) is 40.5 Å². The molecule has 5 heteroatoms. The smallest absolute Gasteiger partial charge is 0.407 e. The molecular formula is C22H23NO4. The molecule has 0 heterocycles. The van der Waals surface area contributed by atoms with E-state index in [1.54, 1.807) is 0 Å². The average Bonchev–Trinajstić information content (AvgIpc) is 2.96. The van der Waals surface area contributed by atoms with Crippen LogP contribution in [0.3, 0.4) is 0 Å².